The smallest absolute Gasteiger partial charge is 0.0794 e. The van der Waals surface area contributed by atoms with Crippen LogP contribution in [0.5, 0.6) is 0 Å². The average molecular weight is 278 g/mol. The maximum Gasteiger partial charge on any atom is 0.0794 e. The highest BCUT2D eigenvalue weighted by Gasteiger charge is 2.50. The molecule has 2 bridgehead atoms. The number of rotatable bonds is 6. The molecule has 3 heteroatoms. The number of thiazole rings is 1. The summed E-state index contributed by atoms with van der Waals surface area (Å²) in [7, 11) is 0. The minimum Gasteiger partial charge on any atom is -0.316 e. The molecule has 0 spiro atoms. The van der Waals surface area contributed by atoms with Crippen LogP contribution in [0.25, 0.3) is 0 Å². The van der Waals surface area contributed by atoms with E-state index in [1.807, 2.05) is 16.8 Å². The zero-order valence-electron chi connectivity index (χ0n) is 12.2. The molecule has 106 valence electrons. The Morgan fingerprint density at radius 3 is 2.95 bits per heavy atom. The number of fused-ring (bicyclic) bond motifs is 2. The highest BCUT2D eigenvalue weighted by atomic mass is 32.1. The van der Waals surface area contributed by atoms with E-state index >= 15 is 0 Å². The number of nitrogens with one attached hydrogen (secondary N) is 1. The molecule has 3 atom stereocenters. The van der Waals surface area contributed by atoms with Crippen molar-refractivity contribution in [3.8, 4) is 0 Å². The standard InChI is InChI=1S/C16H26N2S/c1-12(2)8-17-10-16(7-15-9-18-11-19-15)6-13-3-4-14(16)5-13/h9,11-14,17H,3-8,10H2,1-2H3. The molecule has 0 aliphatic heterocycles. The Morgan fingerprint density at radius 2 is 2.37 bits per heavy atom. The average Bonchev–Trinajstić information content (AvgIpc) is 3.04. The lowest BCUT2D eigenvalue weighted by atomic mass is 9.70. The Hall–Kier alpha value is -0.410. The van der Waals surface area contributed by atoms with Crippen LogP contribution in [0.15, 0.2) is 11.7 Å². The minimum atomic E-state index is 0.532. The fourth-order valence-electron chi connectivity index (χ4n) is 4.34. The summed E-state index contributed by atoms with van der Waals surface area (Å²) in [6, 6.07) is 0. The van der Waals surface area contributed by atoms with Crippen LogP contribution in [0.3, 0.4) is 0 Å². The van der Waals surface area contributed by atoms with Crippen LogP contribution in [-0.2, 0) is 6.42 Å². The van der Waals surface area contributed by atoms with Gasteiger partial charge in [-0.15, -0.1) is 11.3 Å². The predicted molar refractivity (Wildman–Crippen MR) is 81.4 cm³/mol. The van der Waals surface area contributed by atoms with Crippen LogP contribution >= 0.6 is 11.3 Å². The summed E-state index contributed by atoms with van der Waals surface area (Å²) in [5.74, 6) is 2.72. The first kappa shape index (κ1) is 13.6. The molecular formula is C16H26N2S. The Kier molecular flexibility index (Phi) is 3.95. The van der Waals surface area contributed by atoms with Gasteiger partial charge in [0.25, 0.3) is 0 Å². The maximum atomic E-state index is 4.26. The summed E-state index contributed by atoms with van der Waals surface area (Å²) in [6.07, 6.45) is 9.22. The lowest BCUT2D eigenvalue weighted by Gasteiger charge is -2.38. The molecule has 3 unspecified atom stereocenters. The van der Waals surface area contributed by atoms with Crippen LogP contribution in [0.2, 0.25) is 0 Å². The second-order valence-electron chi connectivity index (χ2n) is 7.11. The van der Waals surface area contributed by atoms with Crippen LogP contribution in [0.4, 0.5) is 0 Å². The second-order valence-corrected chi connectivity index (χ2v) is 8.08. The van der Waals surface area contributed by atoms with Crippen molar-refractivity contribution in [2.45, 2.75) is 46.0 Å². The van der Waals surface area contributed by atoms with Gasteiger partial charge in [-0.3, -0.25) is 4.98 Å². The topological polar surface area (TPSA) is 24.9 Å². The van der Waals surface area contributed by atoms with Gasteiger partial charge in [-0.2, -0.15) is 0 Å². The van der Waals surface area contributed by atoms with Crippen LogP contribution in [-0.4, -0.2) is 18.1 Å². The third-order valence-corrected chi connectivity index (χ3v) is 5.92. The molecule has 2 saturated carbocycles. The summed E-state index contributed by atoms with van der Waals surface area (Å²) in [5, 5.41) is 3.75. The van der Waals surface area contributed by atoms with Crippen molar-refractivity contribution in [1.29, 1.82) is 0 Å². The summed E-state index contributed by atoms with van der Waals surface area (Å²) >= 11 is 1.84. The molecule has 3 rings (SSSR count). The van der Waals surface area contributed by atoms with Crippen LogP contribution in [0, 0.1) is 23.2 Å². The van der Waals surface area contributed by atoms with Gasteiger partial charge in [-0.25, -0.2) is 0 Å². The van der Waals surface area contributed by atoms with Gasteiger partial charge in [-0.1, -0.05) is 20.3 Å². The fraction of sp³-hybridized carbons (Fsp3) is 0.812. The Bertz CT molecular complexity index is 401. The summed E-state index contributed by atoms with van der Waals surface area (Å²) in [5.41, 5.74) is 2.52. The lowest BCUT2D eigenvalue weighted by molar-refractivity contribution is 0.156. The van der Waals surface area contributed by atoms with Crippen molar-refractivity contribution >= 4 is 11.3 Å². The van der Waals surface area contributed by atoms with Crippen molar-refractivity contribution in [3.05, 3.63) is 16.6 Å². The van der Waals surface area contributed by atoms with E-state index in [-0.39, 0.29) is 0 Å². The first-order valence-electron chi connectivity index (χ1n) is 7.76. The van der Waals surface area contributed by atoms with E-state index in [0.717, 1.165) is 24.3 Å². The molecule has 0 radical (unpaired) electrons. The molecule has 0 aromatic carbocycles. The highest BCUT2D eigenvalue weighted by Crippen LogP contribution is 2.57. The van der Waals surface area contributed by atoms with Crippen molar-refractivity contribution in [1.82, 2.24) is 10.3 Å². The molecule has 2 nitrogen and oxygen atoms in total. The van der Waals surface area contributed by atoms with E-state index in [1.54, 1.807) is 0 Å². The van der Waals surface area contributed by atoms with Crippen molar-refractivity contribution in [2.75, 3.05) is 13.1 Å². The SMILES string of the molecule is CC(C)CNCC1(Cc2cncs2)CC2CCC1C2. The molecule has 0 saturated heterocycles. The molecule has 0 amide bonds. The van der Waals surface area contributed by atoms with E-state index < -0.39 is 0 Å². The normalized spacial score (nSPS) is 33.4. The highest BCUT2D eigenvalue weighted by molar-refractivity contribution is 7.09. The van der Waals surface area contributed by atoms with Gasteiger partial charge >= 0.3 is 0 Å². The summed E-state index contributed by atoms with van der Waals surface area (Å²) in [6.45, 7) is 6.96. The van der Waals surface area contributed by atoms with Gasteiger partial charge in [0, 0.05) is 17.6 Å². The van der Waals surface area contributed by atoms with Gasteiger partial charge in [0.05, 0.1) is 5.51 Å². The molecule has 1 heterocycles. The van der Waals surface area contributed by atoms with Crippen LogP contribution < -0.4 is 5.32 Å². The Morgan fingerprint density at radius 1 is 1.47 bits per heavy atom. The van der Waals surface area contributed by atoms with E-state index in [2.05, 4.69) is 30.3 Å². The van der Waals surface area contributed by atoms with Gasteiger partial charge in [0.15, 0.2) is 0 Å². The number of nitrogens with zero attached hydrogens (tertiary/aromatic N) is 1. The molecule has 1 aromatic heterocycles. The van der Waals surface area contributed by atoms with E-state index in [1.165, 1.54) is 43.5 Å². The minimum absolute atomic E-state index is 0.532. The first-order valence-corrected chi connectivity index (χ1v) is 8.64. The molecular weight excluding hydrogens is 252 g/mol. The molecule has 2 aliphatic rings. The number of aromatic nitrogens is 1. The summed E-state index contributed by atoms with van der Waals surface area (Å²) < 4.78 is 0. The fourth-order valence-corrected chi connectivity index (χ4v) is 5.09. The molecule has 1 aromatic rings. The van der Waals surface area contributed by atoms with Crippen molar-refractivity contribution in [2.24, 2.45) is 23.2 Å². The molecule has 2 fully saturated rings. The zero-order valence-corrected chi connectivity index (χ0v) is 13.0. The lowest BCUT2D eigenvalue weighted by Crippen LogP contribution is -2.41. The Balaban J connectivity index is 1.69. The molecule has 2 aliphatic carbocycles. The quantitative estimate of drug-likeness (QED) is 0.857. The maximum absolute atomic E-state index is 4.26. The summed E-state index contributed by atoms with van der Waals surface area (Å²) in [4.78, 5) is 5.75. The van der Waals surface area contributed by atoms with Gasteiger partial charge in [0.2, 0.25) is 0 Å². The first-order chi connectivity index (χ1) is 9.18. The second kappa shape index (κ2) is 5.53. The van der Waals surface area contributed by atoms with Crippen molar-refractivity contribution < 1.29 is 0 Å². The Labute approximate surface area is 121 Å². The van der Waals surface area contributed by atoms with Gasteiger partial charge < -0.3 is 5.32 Å². The monoisotopic (exact) mass is 278 g/mol. The van der Waals surface area contributed by atoms with Gasteiger partial charge in [0.1, 0.15) is 0 Å². The van der Waals surface area contributed by atoms with E-state index in [0.29, 0.717) is 5.41 Å². The van der Waals surface area contributed by atoms with Crippen molar-refractivity contribution in [3.63, 3.8) is 0 Å². The zero-order chi connectivity index (χ0) is 13.3. The van der Waals surface area contributed by atoms with E-state index in [4.69, 9.17) is 0 Å². The molecule has 1 N–H and O–H groups in total. The number of hydrogen-bond donors (Lipinski definition) is 1. The number of hydrogen-bond acceptors (Lipinski definition) is 3. The third kappa shape index (κ3) is 2.87. The van der Waals surface area contributed by atoms with Gasteiger partial charge in [-0.05, 0) is 55.4 Å². The van der Waals surface area contributed by atoms with Crippen LogP contribution in [0.1, 0.15) is 44.4 Å². The predicted octanol–water partition coefficient (Wildman–Crippen LogP) is 3.74. The third-order valence-electron chi connectivity index (χ3n) is 5.14. The van der Waals surface area contributed by atoms with E-state index in [9.17, 15) is 0 Å². The largest absolute Gasteiger partial charge is 0.316 e. The molecule has 19 heavy (non-hydrogen) atoms.